The second-order valence-electron chi connectivity index (χ2n) is 4.30. The molecular weight excluding hydrogens is 214 g/mol. The van der Waals surface area contributed by atoms with Crippen molar-refractivity contribution in [3.63, 3.8) is 0 Å². The summed E-state index contributed by atoms with van der Waals surface area (Å²) in [6.07, 6.45) is 7.21. The molecule has 0 saturated carbocycles. The zero-order valence-corrected chi connectivity index (χ0v) is 9.85. The fraction of sp³-hybridized carbons (Fsp3) is 0.417. The van der Waals surface area contributed by atoms with E-state index >= 15 is 0 Å². The first kappa shape index (κ1) is 10.4. The first-order valence-electron chi connectivity index (χ1n) is 5.83. The van der Waals surface area contributed by atoms with Gasteiger partial charge in [-0.1, -0.05) is 0 Å². The lowest BCUT2D eigenvalue weighted by molar-refractivity contribution is 0.616. The Morgan fingerprint density at radius 2 is 2.29 bits per heavy atom. The van der Waals surface area contributed by atoms with Gasteiger partial charge >= 0.3 is 0 Å². The fourth-order valence-electron chi connectivity index (χ4n) is 2.20. The normalized spacial score (nSPS) is 14.6. The summed E-state index contributed by atoms with van der Waals surface area (Å²) >= 11 is 0. The van der Waals surface area contributed by atoms with Crippen LogP contribution in [0, 0.1) is 0 Å². The Morgan fingerprint density at radius 1 is 1.35 bits per heavy atom. The lowest BCUT2D eigenvalue weighted by Gasteiger charge is -2.18. The molecule has 0 spiro atoms. The van der Waals surface area contributed by atoms with Crippen molar-refractivity contribution in [2.75, 3.05) is 6.54 Å². The molecule has 2 aromatic heterocycles. The van der Waals surface area contributed by atoms with Gasteiger partial charge in [-0.15, -0.1) is 0 Å². The molecule has 17 heavy (non-hydrogen) atoms. The molecule has 0 saturated heterocycles. The van der Waals surface area contributed by atoms with Crippen LogP contribution in [0.25, 0.3) is 0 Å². The van der Waals surface area contributed by atoms with Crippen LogP contribution in [0.5, 0.6) is 0 Å². The average Bonchev–Trinajstić information content (AvgIpc) is 2.76. The van der Waals surface area contributed by atoms with Crippen molar-refractivity contribution in [2.24, 2.45) is 7.05 Å². The first-order valence-corrected chi connectivity index (χ1v) is 5.83. The Balaban J connectivity index is 1.95. The fourth-order valence-corrected chi connectivity index (χ4v) is 2.20. The van der Waals surface area contributed by atoms with Crippen molar-refractivity contribution in [2.45, 2.75) is 19.4 Å². The minimum absolute atomic E-state index is 0.774. The molecule has 5 nitrogen and oxygen atoms in total. The highest BCUT2D eigenvalue weighted by molar-refractivity contribution is 5.28. The quantitative estimate of drug-likeness (QED) is 0.812. The SMILES string of the molecule is Cn1ccnc1Cc1ncnc2c1CNCC2. The standard InChI is InChI=1S/C12H15N5/c1-17-5-4-14-12(17)6-11-9-7-13-3-2-10(9)15-8-16-11/h4-5,8,13H,2-3,6-7H2,1H3. The molecule has 1 aliphatic rings. The molecule has 0 radical (unpaired) electrons. The minimum atomic E-state index is 0.774. The van der Waals surface area contributed by atoms with E-state index in [0.29, 0.717) is 0 Å². The Hall–Kier alpha value is -1.75. The first-order chi connectivity index (χ1) is 8.34. The summed E-state index contributed by atoms with van der Waals surface area (Å²) in [6.45, 7) is 1.88. The van der Waals surface area contributed by atoms with Crippen molar-refractivity contribution in [3.8, 4) is 0 Å². The monoisotopic (exact) mass is 229 g/mol. The van der Waals surface area contributed by atoms with Gasteiger partial charge < -0.3 is 9.88 Å². The van der Waals surface area contributed by atoms with E-state index in [4.69, 9.17) is 0 Å². The summed E-state index contributed by atoms with van der Waals surface area (Å²) in [4.78, 5) is 13.1. The third kappa shape index (κ3) is 1.93. The van der Waals surface area contributed by atoms with Crippen molar-refractivity contribution < 1.29 is 0 Å². The van der Waals surface area contributed by atoms with Gasteiger partial charge in [0.25, 0.3) is 0 Å². The van der Waals surface area contributed by atoms with Crippen molar-refractivity contribution in [3.05, 3.63) is 41.5 Å². The minimum Gasteiger partial charge on any atom is -0.338 e. The van der Waals surface area contributed by atoms with Gasteiger partial charge in [0.15, 0.2) is 0 Å². The molecule has 0 aromatic carbocycles. The summed E-state index contributed by atoms with van der Waals surface area (Å²) in [5.74, 6) is 1.04. The van der Waals surface area contributed by atoms with Crippen LogP contribution in [-0.4, -0.2) is 26.1 Å². The van der Waals surface area contributed by atoms with E-state index in [1.165, 1.54) is 11.3 Å². The lowest BCUT2D eigenvalue weighted by Crippen LogP contribution is -2.26. The van der Waals surface area contributed by atoms with Gasteiger partial charge in [-0.2, -0.15) is 0 Å². The van der Waals surface area contributed by atoms with E-state index in [-0.39, 0.29) is 0 Å². The number of nitrogens with one attached hydrogen (secondary N) is 1. The Morgan fingerprint density at radius 3 is 3.12 bits per heavy atom. The van der Waals surface area contributed by atoms with Crippen LogP contribution in [0.2, 0.25) is 0 Å². The molecule has 0 aliphatic carbocycles. The highest BCUT2D eigenvalue weighted by atomic mass is 15.0. The maximum Gasteiger partial charge on any atom is 0.115 e. The molecule has 0 fully saturated rings. The van der Waals surface area contributed by atoms with Crippen molar-refractivity contribution in [1.29, 1.82) is 0 Å². The van der Waals surface area contributed by atoms with Crippen LogP contribution in [0.4, 0.5) is 0 Å². The van der Waals surface area contributed by atoms with Crippen LogP contribution >= 0.6 is 0 Å². The number of imidazole rings is 1. The molecule has 1 N–H and O–H groups in total. The van der Waals surface area contributed by atoms with Crippen LogP contribution in [0.1, 0.15) is 22.8 Å². The van der Waals surface area contributed by atoms with E-state index < -0.39 is 0 Å². The van der Waals surface area contributed by atoms with Gasteiger partial charge in [-0.3, -0.25) is 0 Å². The number of hydrogen-bond acceptors (Lipinski definition) is 4. The number of fused-ring (bicyclic) bond motifs is 1. The van der Waals surface area contributed by atoms with Crippen LogP contribution < -0.4 is 5.32 Å². The molecule has 3 heterocycles. The van der Waals surface area contributed by atoms with E-state index in [9.17, 15) is 0 Å². The van der Waals surface area contributed by atoms with Gasteiger partial charge in [0.1, 0.15) is 12.2 Å². The highest BCUT2D eigenvalue weighted by Crippen LogP contribution is 2.16. The molecule has 1 aliphatic heterocycles. The lowest BCUT2D eigenvalue weighted by atomic mass is 10.0. The molecule has 2 aromatic rings. The maximum atomic E-state index is 4.40. The van der Waals surface area contributed by atoms with Gasteiger partial charge in [-0.05, 0) is 0 Å². The molecule has 88 valence electrons. The average molecular weight is 229 g/mol. The van der Waals surface area contributed by atoms with Crippen LogP contribution in [0.15, 0.2) is 18.7 Å². The molecule has 3 rings (SSSR count). The summed E-state index contributed by atoms with van der Waals surface area (Å²) in [6, 6.07) is 0. The van der Waals surface area contributed by atoms with Gasteiger partial charge in [0, 0.05) is 56.6 Å². The zero-order chi connectivity index (χ0) is 11.7. The molecule has 0 amide bonds. The third-order valence-electron chi connectivity index (χ3n) is 3.21. The number of rotatable bonds is 2. The van der Waals surface area contributed by atoms with E-state index in [1.54, 1.807) is 6.33 Å². The summed E-state index contributed by atoms with van der Waals surface area (Å²) in [5.41, 5.74) is 3.53. The summed E-state index contributed by atoms with van der Waals surface area (Å²) in [7, 11) is 2.01. The Bertz CT molecular complexity index is 531. The van der Waals surface area contributed by atoms with Crippen molar-refractivity contribution >= 4 is 0 Å². The topological polar surface area (TPSA) is 55.6 Å². The third-order valence-corrected chi connectivity index (χ3v) is 3.21. The number of hydrogen-bond donors (Lipinski definition) is 1. The van der Waals surface area contributed by atoms with Gasteiger partial charge in [0.05, 0.1) is 5.69 Å². The highest BCUT2D eigenvalue weighted by Gasteiger charge is 2.16. The number of aryl methyl sites for hydroxylation is 1. The largest absolute Gasteiger partial charge is 0.338 e. The Kier molecular flexibility index (Phi) is 2.60. The molecule has 0 unspecified atom stereocenters. The number of aromatic nitrogens is 4. The summed E-state index contributed by atoms with van der Waals surface area (Å²) < 4.78 is 2.03. The summed E-state index contributed by atoms with van der Waals surface area (Å²) in [5, 5.41) is 3.37. The van der Waals surface area contributed by atoms with Crippen LogP contribution in [0.3, 0.4) is 0 Å². The smallest absolute Gasteiger partial charge is 0.115 e. The number of nitrogens with zero attached hydrogens (tertiary/aromatic N) is 4. The molecular formula is C12H15N5. The Labute approximate surface area is 99.9 Å². The molecule has 5 heteroatoms. The second-order valence-corrected chi connectivity index (χ2v) is 4.30. The predicted molar refractivity (Wildman–Crippen MR) is 63.5 cm³/mol. The maximum absolute atomic E-state index is 4.40. The van der Waals surface area contributed by atoms with Gasteiger partial charge in [-0.25, -0.2) is 15.0 Å². The second kappa shape index (κ2) is 4.25. The molecule has 0 atom stereocenters. The van der Waals surface area contributed by atoms with E-state index in [1.807, 2.05) is 24.0 Å². The van der Waals surface area contributed by atoms with Gasteiger partial charge in [0.2, 0.25) is 0 Å². The van der Waals surface area contributed by atoms with E-state index in [0.717, 1.165) is 37.4 Å². The zero-order valence-electron chi connectivity index (χ0n) is 9.85. The van der Waals surface area contributed by atoms with Crippen LogP contribution in [-0.2, 0) is 26.4 Å². The molecule has 0 bridgehead atoms. The van der Waals surface area contributed by atoms with E-state index in [2.05, 4.69) is 20.3 Å². The predicted octanol–water partition coefficient (Wildman–Crippen LogP) is 0.447. The van der Waals surface area contributed by atoms with Crippen molar-refractivity contribution in [1.82, 2.24) is 24.8 Å².